The summed E-state index contributed by atoms with van der Waals surface area (Å²) in [5, 5.41) is 9.79. The van der Waals surface area contributed by atoms with E-state index in [0.29, 0.717) is 12.3 Å². The number of rotatable bonds is 7. The van der Waals surface area contributed by atoms with Crippen LogP contribution < -0.4 is 4.74 Å². The molecule has 0 aliphatic carbocycles. The third kappa shape index (κ3) is 6.39. The summed E-state index contributed by atoms with van der Waals surface area (Å²) in [6.45, 7) is 7.21. The number of fused-ring (bicyclic) bond motifs is 1. The van der Waals surface area contributed by atoms with Crippen LogP contribution in [0.15, 0.2) is 53.4 Å². The Morgan fingerprint density at radius 2 is 1.97 bits per heavy atom. The van der Waals surface area contributed by atoms with E-state index in [-0.39, 0.29) is 30.1 Å². The van der Waals surface area contributed by atoms with Gasteiger partial charge in [-0.25, -0.2) is 8.42 Å². The van der Waals surface area contributed by atoms with Crippen LogP contribution in [0, 0.1) is 17.8 Å². The first-order valence-electron chi connectivity index (χ1n) is 11.9. The normalized spacial score (nSPS) is 20.9. The molecule has 7 heteroatoms. The fraction of sp³-hybridized carbons (Fsp3) is 0.481. The van der Waals surface area contributed by atoms with Gasteiger partial charge >= 0.3 is 0 Å². The van der Waals surface area contributed by atoms with E-state index < -0.39 is 16.1 Å². The summed E-state index contributed by atoms with van der Waals surface area (Å²) in [7, 11) is -1.80. The van der Waals surface area contributed by atoms with Crippen molar-refractivity contribution < 1.29 is 18.3 Å². The third-order valence-electron chi connectivity index (χ3n) is 6.06. The largest absolute Gasteiger partial charge is 0.487 e. The van der Waals surface area contributed by atoms with E-state index in [9.17, 15) is 13.5 Å². The fourth-order valence-corrected chi connectivity index (χ4v) is 5.90. The maximum absolute atomic E-state index is 13.6. The highest BCUT2D eigenvalue weighted by molar-refractivity contribution is 7.89. The number of aliphatic hydroxyl groups excluding tert-OH is 1. The molecule has 1 aliphatic heterocycles. The molecule has 0 amide bonds. The monoisotopic (exact) mass is 484 g/mol. The van der Waals surface area contributed by atoms with Crippen LogP contribution in [0.4, 0.5) is 0 Å². The zero-order valence-corrected chi connectivity index (χ0v) is 21.4. The number of sulfonamides is 1. The van der Waals surface area contributed by atoms with Gasteiger partial charge in [0, 0.05) is 43.6 Å². The maximum atomic E-state index is 13.6. The summed E-state index contributed by atoms with van der Waals surface area (Å²) >= 11 is 0. The first kappa shape index (κ1) is 26.2. The first-order chi connectivity index (χ1) is 16.3. The molecule has 1 N–H and O–H groups in total. The summed E-state index contributed by atoms with van der Waals surface area (Å²) in [6, 6.07) is 14.7. The van der Waals surface area contributed by atoms with Crippen LogP contribution in [0.5, 0.6) is 5.75 Å². The molecule has 0 unspecified atom stereocenters. The van der Waals surface area contributed by atoms with Gasteiger partial charge in [0.2, 0.25) is 10.0 Å². The Balaban J connectivity index is 1.97. The Kier molecular flexibility index (Phi) is 9.15. The van der Waals surface area contributed by atoms with E-state index in [1.54, 1.807) is 25.1 Å². The van der Waals surface area contributed by atoms with Crippen molar-refractivity contribution in [1.82, 2.24) is 9.21 Å². The van der Waals surface area contributed by atoms with Crippen molar-refractivity contribution >= 4 is 10.0 Å². The predicted octanol–water partition coefficient (Wildman–Crippen LogP) is 3.74. The van der Waals surface area contributed by atoms with E-state index in [2.05, 4.69) is 35.8 Å². The van der Waals surface area contributed by atoms with Gasteiger partial charge in [0.15, 0.2) is 0 Å². The Morgan fingerprint density at radius 1 is 1.24 bits per heavy atom. The van der Waals surface area contributed by atoms with Crippen LogP contribution in [0.25, 0.3) is 0 Å². The van der Waals surface area contributed by atoms with Gasteiger partial charge in [-0.1, -0.05) is 56.0 Å². The minimum absolute atomic E-state index is 0.0926. The van der Waals surface area contributed by atoms with Gasteiger partial charge in [-0.05, 0) is 44.2 Å². The fourth-order valence-electron chi connectivity index (χ4n) is 4.08. The van der Waals surface area contributed by atoms with Gasteiger partial charge in [-0.3, -0.25) is 4.90 Å². The molecule has 34 heavy (non-hydrogen) atoms. The lowest BCUT2D eigenvalue weighted by Crippen LogP contribution is -2.49. The Bertz CT molecular complexity index is 1110. The average molecular weight is 485 g/mol. The van der Waals surface area contributed by atoms with E-state index in [0.717, 1.165) is 24.9 Å². The Morgan fingerprint density at radius 3 is 2.65 bits per heavy atom. The standard InChI is InChI=1S/C27H36N2O4S/c1-5-6-8-11-23-14-15-27-25(16-23)33-26(19-28(4)18-24-12-9-7-10-13-24)21(2)17-29(22(3)20-30)34(27,31)32/h7,9-10,12-16,21-22,26,30H,5-6,17-20H2,1-4H3/t21-,22+,26-/m1/s1. The van der Waals surface area contributed by atoms with Gasteiger partial charge < -0.3 is 9.84 Å². The van der Waals surface area contributed by atoms with E-state index >= 15 is 0 Å². The molecule has 0 spiro atoms. The molecule has 6 nitrogen and oxygen atoms in total. The summed E-state index contributed by atoms with van der Waals surface area (Å²) < 4.78 is 34.9. The highest BCUT2D eigenvalue weighted by atomic mass is 32.2. The molecule has 0 saturated carbocycles. The van der Waals surface area contributed by atoms with Crippen LogP contribution in [-0.4, -0.2) is 61.6 Å². The molecular weight excluding hydrogens is 448 g/mol. The molecule has 2 aromatic carbocycles. The van der Waals surface area contributed by atoms with Crippen LogP contribution in [0.1, 0.15) is 44.7 Å². The average Bonchev–Trinajstić information content (AvgIpc) is 2.81. The smallest absolute Gasteiger partial charge is 0.247 e. The highest BCUT2D eigenvalue weighted by Gasteiger charge is 2.38. The third-order valence-corrected chi connectivity index (χ3v) is 8.08. The Labute approximate surface area is 204 Å². The first-order valence-corrected chi connectivity index (χ1v) is 13.3. The Hall–Kier alpha value is -2.37. The zero-order chi connectivity index (χ0) is 24.7. The molecule has 3 atom stereocenters. The second kappa shape index (κ2) is 11.9. The molecule has 2 aromatic rings. The summed E-state index contributed by atoms with van der Waals surface area (Å²) in [5.41, 5.74) is 1.93. The van der Waals surface area contributed by atoms with Gasteiger partial charge in [0.1, 0.15) is 16.7 Å². The van der Waals surface area contributed by atoms with Crippen molar-refractivity contribution in [2.45, 2.75) is 57.2 Å². The molecule has 0 bridgehead atoms. The van der Waals surface area contributed by atoms with Crippen LogP contribution in [0.2, 0.25) is 0 Å². The summed E-state index contributed by atoms with van der Waals surface area (Å²) in [6.07, 6.45) is 1.50. The molecular formula is C27H36N2O4S. The van der Waals surface area contributed by atoms with Crippen LogP contribution in [0.3, 0.4) is 0 Å². The lowest BCUT2D eigenvalue weighted by atomic mass is 10.0. The van der Waals surface area contributed by atoms with E-state index in [4.69, 9.17) is 4.74 Å². The molecule has 3 rings (SSSR count). The summed E-state index contributed by atoms with van der Waals surface area (Å²) in [5.74, 6) is 6.46. The number of hydrogen-bond donors (Lipinski definition) is 1. The predicted molar refractivity (Wildman–Crippen MR) is 135 cm³/mol. The van der Waals surface area contributed by atoms with Crippen molar-refractivity contribution in [1.29, 1.82) is 0 Å². The van der Waals surface area contributed by atoms with E-state index in [1.807, 2.05) is 32.2 Å². The lowest BCUT2D eigenvalue weighted by Gasteiger charge is -2.37. The number of benzene rings is 2. The number of ether oxygens (including phenoxy) is 1. The maximum Gasteiger partial charge on any atom is 0.247 e. The molecule has 0 fully saturated rings. The van der Waals surface area contributed by atoms with Crippen LogP contribution in [-0.2, 0) is 16.6 Å². The quantitative estimate of drug-likeness (QED) is 0.607. The number of hydrogen-bond acceptors (Lipinski definition) is 5. The second-order valence-corrected chi connectivity index (χ2v) is 11.0. The molecule has 0 saturated heterocycles. The number of aliphatic hydroxyl groups is 1. The topological polar surface area (TPSA) is 70.1 Å². The van der Waals surface area contributed by atoms with Crippen LogP contribution >= 0.6 is 0 Å². The number of likely N-dealkylation sites (N-methyl/N-ethyl adjacent to an activating group) is 1. The lowest BCUT2D eigenvalue weighted by molar-refractivity contribution is 0.0733. The van der Waals surface area contributed by atoms with Gasteiger partial charge in [0.25, 0.3) is 0 Å². The SMILES string of the molecule is CCCC#Cc1ccc2c(c1)O[C@H](CN(C)Cc1ccccc1)[C@H](C)CN([C@@H](C)CO)S2(=O)=O. The van der Waals surface area contributed by atoms with Gasteiger partial charge in [0.05, 0.1) is 6.61 Å². The zero-order valence-electron chi connectivity index (χ0n) is 20.6. The number of unbranched alkanes of at least 4 members (excludes halogenated alkanes) is 1. The van der Waals surface area contributed by atoms with Crippen molar-refractivity contribution in [3.8, 4) is 17.6 Å². The number of nitrogens with zero attached hydrogens (tertiary/aromatic N) is 2. The van der Waals surface area contributed by atoms with Gasteiger partial charge in [-0.15, -0.1) is 0 Å². The molecule has 1 heterocycles. The van der Waals surface area contributed by atoms with Crippen molar-refractivity contribution in [3.05, 3.63) is 59.7 Å². The second-order valence-electron chi connectivity index (χ2n) is 9.14. The molecule has 184 valence electrons. The molecule has 0 radical (unpaired) electrons. The highest BCUT2D eigenvalue weighted by Crippen LogP contribution is 2.34. The minimum atomic E-state index is -3.84. The van der Waals surface area contributed by atoms with Crippen molar-refractivity contribution in [2.24, 2.45) is 5.92 Å². The van der Waals surface area contributed by atoms with Crippen molar-refractivity contribution in [3.63, 3.8) is 0 Å². The molecule has 1 aliphatic rings. The van der Waals surface area contributed by atoms with E-state index in [1.165, 1.54) is 9.87 Å². The van der Waals surface area contributed by atoms with Gasteiger partial charge in [-0.2, -0.15) is 4.31 Å². The minimum Gasteiger partial charge on any atom is -0.487 e. The summed E-state index contributed by atoms with van der Waals surface area (Å²) in [4.78, 5) is 2.31. The van der Waals surface area contributed by atoms with Crippen molar-refractivity contribution in [2.75, 3.05) is 26.7 Å². The molecule has 0 aromatic heterocycles.